The van der Waals surface area contributed by atoms with Crippen LogP contribution < -0.4 is 24.8 Å². The third-order valence-corrected chi connectivity index (χ3v) is 10.8. The molecule has 2 bridgehead atoms. The Labute approximate surface area is 313 Å². The quantitative estimate of drug-likeness (QED) is 0.332. The van der Waals surface area contributed by atoms with Crippen molar-refractivity contribution in [1.29, 1.82) is 0 Å². The van der Waals surface area contributed by atoms with Crippen molar-refractivity contribution in [3.63, 3.8) is 0 Å². The van der Waals surface area contributed by atoms with Gasteiger partial charge in [-0.3, -0.25) is 14.4 Å². The van der Waals surface area contributed by atoms with Gasteiger partial charge in [0.25, 0.3) is 12.3 Å². The maximum absolute atomic E-state index is 14.4. The zero-order chi connectivity index (χ0) is 39.3. The third kappa shape index (κ3) is 10.5. The number of hydrogen-bond acceptors (Lipinski definition) is 11. The number of carbonyl (C=O) groups is 4. The van der Waals surface area contributed by atoms with Gasteiger partial charge in [-0.15, -0.1) is 0 Å². The van der Waals surface area contributed by atoms with Gasteiger partial charge in [0.2, 0.25) is 17.7 Å². The molecule has 54 heavy (non-hydrogen) atoms. The second kappa shape index (κ2) is 17.0. The van der Waals surface area contributed by atoms with Gasteiger partial charge in [0.1, 0.15) is 41.7 Å². The highest BCUT2D eigenvalue weighted by Crippen LogP contribution is 2.39. The van der Waals surface area contributed by atoms with Crippen LogP contribution in [-0.2, 0) is 33.6 Å². The number of carbonyl (C=O) groups excluding carboxylic acids is 4. The minimum atomic E-state index is -4.94. The molecule has 1 aromatic heterocycles. The molecule has 5 atom stereocenters. The second-order valence-corrected chi connectivity index (χ2v) is 16.5. The summed E-state index contributed by atoms with van der Waals surface area (Å²) in [6.45, 7) is 3.54. The molecule has 5 rings (SSSR count). The fourth-order valence-electron chi connectivity index (χ4n) is 7.40. The molecule has 3 N–H and O–H groups in total. The van der Waals surface area contributed by atoms with Crippen LogP contribution in [-0.4, -0.2) is 98.1 Å². The van der Waals surface area contributed by atoms with E-state index in [2.05, 4.69) is 19.8 Å². The lowest BCUT2D eigenvalue weighted by Gasteiger charge is -2.33. The summed E-state index contributed by atoms with van der Waals surface area (Å²) in [5, 5.41) is 6.90. The first-order valence-corrected chi connectivity index (χ1v) is 19.6. The number of pyridine rings is 1. The summed E-state index contributed by atoms with van der Waals surface area (Å²) in [4.78, 5) is 61.2. The minimum Gasteiger partial charge on any atom is -0.497 e. The van der Waals surface area contributed by atoms with E-state index in [-0.39, 0.29) is 44.0 Å². The number of benzene rings is 1. The van der Waals surface area contributed by atoms with Gasteiger partial charge in [0, 0.05) is 18.0 Å². The molecule has 15 nitrogen and oxygen atoms in total. The first-order valence-electron chi connectivity index (χ1n) is 18.2. The van der Waals surface area contributed by atoms with Crippen LogP contribution in [0.25, 0.3) is 10.8 Å². The number of nitrogens with one attached hydrogen (secondary N) is 3. The highest BCUT2D eigenvalue weighted by atomic mass is 32.2. The van der Waals surface area contributed by atoms with E-state index in [1.807, 2.05) is 6.07 Å². The zero-order valence-corrected chi connectivity index (χ0v) is 31.7. The van der Waals surface area contributed by atoms with Crippen molar-refractivity contribution in [3.05, 3.63) is 30.5 Å². The predicted molar refractivity (Wildman–Crippen MR) is 191 cm³/mol. The van der Waals surface area contributed by atoms with E-state index in [1.54, 1.807) is 57.0 Å². The normalized spacial score (nSPS) is 25.6. The number of fused-ring (bicyclic) bond motifs is 4. The van der Waals surface area contributed by atoms with E-state index in [0.717, 1.165) is 24.6 Å². The topological polar surface area (TPSA) is 192 Å². The monoisotopic (exact) mass is 781 g/mol. The van der Waals surface area contributed by atoms with Gasteiger partial charge >= 0.3 is 16.4 Å². The Balaban J connectivity index is 1.47. The summed E-state index contributed by atoms with van der Waals surface area (Å²) in [5.74, 6) is -1.62. The number of alkyl halides is 2. The summed E-state index contributed by atoms with van der Waals surface area (Å²) in [6.07, 6.45) is 1.33. The molecule has 4 amide bonds. The van der Waals surface area contributed by atoms with Gasteiger partial charge < -0.3 is 29.7 Å². The van der Waals surface area contributed by atoms with Gasteiger partial charge in [0.15, 0.2) is 0 Å². The van der Waals surface area contributed by atoms with Crippen molar-refractivity contribution in [2.75, 3.05) is 20.3 Å². The van der Waals surface area contributed by atoms with Crippen LogP contribution in [0.2, 0.25) is 0 Å². The molecule has 1 aromatic carbocycles. The molecule has 2 aromatic rings. The maximum Gasteiger partial charge on any atom is 0.408 e. The molecule has 1 unspecified atom stereocenters. The number of nitrogens with zero attached hydrogens (tertiary/aromatic N) is 2. The highest BCUT2D eigenvalue weighted by Gasteiger charge is 2.51. The molecule has 3 aliphatic rings. The molecule has 0 spiro atoms. The SMILES string of the molecule is COc1ccc2c(O[C@@H]3C[C@H]4C(=O)N[C@]5(C(=O)NS(=O)(=O)OCC(F)F)CCC(CCCCCC[C@H](NC(=O)OC(C)(C)C)C(=O)N4C3)C5)nccc2c1. The molecular weight excluding hydrogens is 732 g/mol. The Kier molecular flexibility index (Phi) is 12.9. The lowest BCUT2D eigenvalue weighted by Crippen LogP contribution is -2.62. The van der Waals surface area contributed by atoms with Crippen LogP contribution in [0.1, 0.15) is 85.0 Å². The van der Waals surface area contributed by atoms with E-state index in [1.165, 1.54) is 4.90 Å². The number of methoxy groups -OCH3 is 1. The first-order chi connectivity index (χ1) is 25.5. The minimum absolute atomic E-state index is 0.0398. The zero-order valence-electron chi connectivity index (χ0n) is 30.9. The van der Waals surface area contributed by atoms with Crippen molar-refractivity contribution in [2.45, 2.75) is 121 Å². The number of hydrogen-bond donors (Lipinski definition) is 3. The van der Waals surface area contributed by atoms with E-state index < -0.39 is 76.5 Å². The van der Waals surface area contributed by atoms with Gasteiger partial charge in [-0.1, -0.05) is 32.1 Å². The van der Waals surface area contributed by atoms with Crippen molar-refractivity contribution in [1.82, 2.24) is 25.2 Å². The second-order valence-electron chi connectivity index (χ2n) is 15.1. The molecular formula is C36H49F2N5O10S. The Morgan fingerprint density at radius 2 is 1.83 bits per heavy atom. The fraction of sp³-hybridized carbons (Fsp3) is 0.639. The Hall–Kier alpha value is -4.32. The fourth-order valence-corrected chi connectivity index (χ4v) is 8.16. The molecule has 1 aliphatic carbocycles. The van der Waals surface area contributed by atoms with Crippen molar-refractivity contribution >= 4 is 44.9 Å². The van der Waals surface area contributed by atoms with Gasteiger partial charge in [0.05, 0.1) is 13.7 Å². The highest BCUT2D eigenvalue weighted by molar-refractivity contribution is 7.85. The van der Waals surface area contributed by atoms with Crippen LogP contribution >= 0.6 is 0 Å². The lowest BCUT2D eigenvalue weighted by atomic mass is 9.92. The van der Waals surface area contributed by atoms with Crippen LogP contribution in [0.4, 0.5) is 13.6 Å². The van der Waals surface area contributed by atoms with Crippen molar-refractivity contribution < 1.29 is 54.8 Å². The van der Waals surface area contributed by atoms with Crippen LogP contribution in [0.3, 0.4) is 0 Å². The number of amides is 4. The summed E-state index contributed by atoms with van der Waals surface area (Å²) in [5.41, 5.74) is -2.59. The molecule has 1 saturated carbocycles. The third-order valence-electron chi connectivity index (χ3n) is 9.89. The number of rotatable bonds is 9. The molecule has 0 radical (unpaired) electrons. The van der Waals surface area contributed by atoms with Crippen LogP contribution in [0.15, 0.2) is 30.5 Å². The average Bonchev–Trinajstić information content (AvgIpc) is 3.71. The van der Waals surface area contributed by atoms with E-state index in [0.29, 0.717) is 30.4 Å². The smallest absolute Gasteiger partial charge is 0.408 e. The molecule has 3 heterocycles. The van der Waals surface area contributed by atoms with Gasteiger partial charge in [-0.05, 0) is 82.0 Å². The maximum atomic E-state index is 14.4. The van der Waals surface area contributed by atoms with Gasteiger partial charge in [-0.25, -0.2) is 27.5 Å². The molecule has 3 fully saturated rings. The number of alkyl carbamates (subject to hydrolysis) is 1. The van der Waals surface area contributed by atoms with E-state index >= 15 is 0 Å². The Morgan fingerprint density at radius 1 is 1.09 bits per heavy atom. The predicted octanol–water partition coefficient (Wildman–Crippen LogP) is 4.14. The number of halogens is 2. The van der Waals surface area contributed by atoms with Crippen LogP contribution in [0, 0.1) is 5.92 Å². The average molecular weight is 782 g/mol. The Morgan fingerprint density at radius 3 is 2.54 bits per heavy atom. The summed E-state index contributed by atoms with van der Waals surface area (Å²) >= 11 is 0. The van der Waals surface area contributed by atoms with Crippen molar-refractivity contribution in [2.24, 2.45) is 5.92 Å². The lowest BCUT2D eigenvalue weighted by molar-refractivity contribution is -0.142. The largest absolute Gasteiger partial charge is 0.497 e. The Bertz CT molecular complexity index is 1810. The molecule has 2 aliphatic heterocycles. The molecule has 2 saturated heterocycles. The molecule has 298 valence electrons. The van der Waals surface area contributed by atoms with E-state index in [4.69, 9.17) is 14.2 Å². The summed E-state index contributed by atoms with van der Waals surface area (Å²) in [7, 11) is -3.40. The number of ether oxygens (including phenoxy) is 3. The number of aromatic nitrogens is 1. The first kappa shape index (κ1) is 40.9. The summed E-state index contributed by atoms with van der Waals surface area (Å²) < 4.78 is 73.7. The van der Waals surface area contributed by atoms with E-state index in [9.17, 15) is 36.4 Å². The van der Waals surface area contributed by atoms with Crippen molar-refractivity contribution in [3.8, 4) is 11.6 Å². The molecule has 18 heteroatoms. The standard InChI is InChI=1S/C36H49F2N5O10S/c1-35(2,3)53-34(47)40-27-10-8-6-5-7-9-22-13-15-36(19-22,33(46)42-54(48,49)51-21-29(37)38)41-30(44)28-18-25(20-43(28)32(27)45)52-31-26-12-11-24(50-4)17-23(26)14-16-39-31/h11-12,14,16-17,22,25,27-29H,5-10,13,15,18-21H2,1-4H3,(H,40,47)(H,41,44)(H,42,46)/t22?,25-,27+,28+,36-/m1/s1. The van der Waals surface area contributed by atoms with Crippen LogP contribution in [0.5, 0.6) is 11.6 Å². The summed E-state index contributed by atoms with van der Waals surface area (Å²) in [6, 6.07) is 4.84. The van der Waals surface area contributed by atoms with Gasteiger partial charge in [-0.2, -0.15) is 8.42 Å².